The number of hydrogen-bond acceptors (Lipinski definition) is 5. The molecule has 0 radical (unpaired) electrons. The van der Waals surface area contributed by atoms with Gasteiger partial charge in [-0.05, 0) is 53.6 Å². The van der Waals surface area contributed by atoms with Crippen LogP contribution in [0.1, 0.15) is 47.0 Å². The second kappa shape index (κ2) is 8.80. The number of hydrogen-bond donors (Lipinski definition) is 1. The minimum atomic E-state index is -0.318. The molecule has 19 heavy (non-hydrogen) atoms. The minimum Gasteiger partial charge on any atom is -0.462 e. The summed E-state index contributed by atoms with van der Waals surface area (Å²) in [6.45, 7) is 9.21. The van der Waals surface area contributed by atoms with Crippen LogP contribution in [-0.2, 0) is 19.1 Å². The van der Waals surface area contributed by atoms with Gasteiger partial charge in [0.05, 0.1) is 6.42 Å². The van der Waals surface area contributed by atoms with Crippen LogP contribution in [0.5, 0.6) is 0 Å². The number of Topliss-reactive ketones (excluding diaryl/α,β-unsaturated/α-hetero) is 2. The largest absolute Gasteiger partial charge is 0.462 e. The van der Waals surface area contributed by atoms with E-state index in [0.29, 0.717) is 6.47 Å². The second-order valence-electron chi connectivity index (χ2n) is 5.70. The van der Waals surface area contributed by atoms with E-state index in [9.17, 15) is 14.4 Å². The number of rotatable bonds is 4. The molecule has 1 heterocycles. The summed E-state index contributed by atoms with van der Waals surface area (Å²) in [6.07, 6.45) is 1.92. The van der Waals surface area contributed by atoms with Crippen molar-refractivity contribution in [2.45, 2.75) is 52.6 Å². The average Bonchev–Trinajstić information content (AvgIpc) is 2.28. The summed E-state index contributed by atoms with van der Waals surface area (Å²) < 4.78 is 4.55. The Hall–Kier alpha value is -1.23. The van der Waals surface area contributed by atoms with Crippen LogP contribution in [-0.4, -0.2) is 36.7 Å². The third-order valence-electron chi connectivity index (χ3n) is 2.62. The Kier molecular flexibility index (Phi) is 8.23. The van der Waals surface area contributed by atoms with E-state index in [1.165, 1.54) is 6.92 Å². The number of ketones is 2. The summed E-state index contributed by atoms with van der Waals surface area (Å²) in [5.41, 5.74) is -0.318. The predicted octanol–water partition coefficient (Wildman–Crippen LogP) is 1.49. The van der Waals surface area contributed by atoms with Gasteiger partial charge in [0.15, 0.2) is 0 Å². The Bertz CT molecular complexity index is 301. The van der Waals surface area contributed by atoms with Crippen molar-refractivity contribution >= 4 is 18.0 Å². The maximum atomic E-state index is 11.4. The monoisotopic (exact) mass is 271 g/mol. The van der Waals surface area contributed by atoms with Crippen LogP contribution < -0.4 is 5.32 Å². The van der Waals surface area contributed by atoms with Gasteiger partial charge in [-0.15, -0.1) is 0 Å². The zero-order chi connectivity index (χ0) is 14.9. The first-order valence-corrected chi connectivity index (χ1v) is 6.60. The van der Waals surface area contributed by atoms with Gasteiger partial charge >= 0.3 is 0 Å². The lowest BCUT2D eigenvalue weighted by Crippen LogP contribution is -2.32. The van der Waals surface area contributed by atoms with E-state index in [4.69, 9.17) is 0 Å². The van der Waals surface area contributed by atoms with E-state index in [2.05, 4.69) is 10.1 Å². The van der Waals surface area contributed by atoms with E-state index in [0.717, 1.165) is 25.9 Å². The number of nitrogens with one attached hydrogen (secondary N) is 1. The Labute approximate surface area is 115 Å². The van der Waals surface area contributed by atoms with Crippen molar-refractivity contribution in [1.29, 1.82) is 0 Å². The van der Waals surface area contributed by atoms with Crippen molar-refractivity contribution in [2.75, 3.05) is 13.1 Å². The zero-order valence-corrected chi connectivity index (χ0v) is 12.3. The molecule has 0 saturated carbocycles. The highest BCUT2D eigenvalue weighted by Gasteiger charge is 2.21. The standard InChI is InChI=1S/C9H15NO2.C5H10O2/c1-7(11)6-9(12)8-2-4-10-5-3-8;1-5(2,3)7-4-6/h8,10H,2-6H2,1H3;4H,1-3H3. The molecule has 1 aliphatic rings. The van der Waals surface area contributed by atoms with Crippen LogP contribution >= 0.6 is 0 Å². The molecular formula is C14H25NO4. The third kappa shape index (κ3) is 10.4. The van der Waals surface area contributed by atoms with Crippen molar-refractivity contribution in [2.24, 2.45) is 5.92 Å². The predicted molar refractivity (Wildman–Crippen MR) is 72.8 cm³/mol. The van der Waals surface area contributed by atoms with Gasteiger partial charge in [0.1, 0.15) is 17.2 Å². The van der Waals surface area contributed by atoms with E-state index in [1.54, 1.807) is 0 Å². The van der Waals surface area contributed by atoms with Gasteiger partial charge < -0.3 is 10.1 Å². The first kappa shape index (κ1) is 17.8. The van der Waals surface area contributed by atoms with Crippen LogP contribution in [0.4, 0.5) is 0 Å². The highest BCUT2D eigenvalue weighted by molar-refractivity contribution is 5.99. The van der Waals surface area contributed by atoms with Gasteiger partial charge in [0.25, 0.3) is 6.47 Å². The molecule has 0 aromatic rings. The molecule has 0 aliphatic carbocycles. The normalized spacial score (nSPS) is 16.0. The molecule has 0 amide bonds. The third-order valence-corrected chi connectivity index (χ3v) is 2.62. The van der Waals surface area contributed by atoms with Gasteiger partial charge in [-0.25, -0.2) is 0 Å². The van der Waals surface area contributed by atoms with Crippen LogP contribution in [0, 0.1) is 5.92 Å². The molecule has 0 bridgehead atoms. The number of piperidine rings is 1. The molecule has 5 heteroatoms. The number of carbonyl (C=O) groups excluding carboxylic acids is 3. The molecular weight excluding hydrogens is 246 g/mol. The molecule has 0 spiro atoms. The van der Waals surface area contributed by atoms with Gasteiger partial charge in [-0.3, -0.25) is 14.4 Å². The SMILES string of the molecule is CC(=O)CC(=O)C1CCNCC1.CC(C)(C)OC=O. The number of ether oxygens (including phenoxy) is 1. The van der Waals surface area contributed by atoms with Crippen LogP contribution in [0.3, 0.4) is 0 Å². The van der Waals surface area contributed by atoms with Crippen molar-refractivity contribution in [3.05, 3.63) is 0 Å². The molecule has 1 N–H and O–H groups in total. The molecule has 0 aromatic heterocycles. The molecule has 0 aromatic carbocycles. The average molecular weight is 271 g/mol. The second-order valence-corrected chi connectivity index (χ2v) is 5.70. The number of carbonyl (C=O) groups is 3. The molecule has 0 atom stereocenters. The lowest BCUT2D eigenvalue weighted by molar-refractivity contribution is -0.138. The maximum Gasteiger partial charge on any atom is 0.293 e. The fourth-order valence-corrected chi connectivity index (χ4v) is 1.68. The minimum absolute atomic E-state index is 0.0152. The summed E-state index contributed by atoms with van der Waals surface area (Å²) in [4.78, 5) is 31.6. The van der Waals surface area contributed by atoms with Gasteiger partial charge in [-0.1, -0.05) is 0 Å². The van der Waals surface area contributed by atoms with Crippen molar-refractivity contribution in [1.82, 2.24) is 5.32 Å². The van der Waals surface area contributed by atoms with Crippen molar-refractivity contribution < 1.29 is 19.1 Å². The lowest BCUT2D eigenvalue weighted by Gasteiger charge is -2.20. The quantitative estimate of drug-likeness (QED) is 0.619. The van der Waals surface area contributed by atoms with Crippen molar-refractivity contribution in [3.8, 4) is 0 Å². The van der Waals surface area contributed by atoms with Crippen LogP contribution in [0.25, 0.3) is 0 Å². The van der Waals surface area contributed by atoms with Crippen LogP contribution in [0.2, 0.25) is 0 Å². The fraction of sp³-hybridized carbons (Fsp3) is 0.786. The Balaban J connectivity index is 0.000000399. The molecule has 1 fully saturated rings. The molecule has 1 saturated heterocycles. The summed E-state index contributed by atoms with van der Waals surface area (Å²) >= 11 is 0. The fourth-order valence-electron chi connectivity index (χ4n) is 1.68. The zero-order valence-electron chi connectivity index (χ0n) is 12.3. The molecule has 110 valence electrons. The summed E-state index contributed by atoms with van der Waals surface area (Å²) in [5.74, 6) is 0.248. The summed E-state index contributed by atoms with van der Waals surface area (Å²) in [7, 11) is 0. The van der Waals surface area contributed by atoms with Gasteiger partial charge in [0, 0.05) is 5.92 Å². The Morgan fingerprint density at radius 3 is 2.11 bits per heavy atom. The topological polar surface area (TPSA) is 72.5 Å². The molecule has 1 rings (SSSR count). The molecule has 5 nitrogen and oxygen atoms in total. The lowest BCUT2D eigenvalue weighted by atomic mass is 9.91. The van der Waals surface area contributed by atoms with E-state index in [1.807, 2.05) is 20.8 Å². The Morgan fingerprint density at radius 1 is 1.26 bits per heavy atom. The maximum absolute atomic E-state index is 11.4. The first-order valence-electron chi connectivity index (χ1n) is 6.60. The smallest absolute Gasteiger partial charge is 0.293 e. The first-order chi connectivity index (χ1) is 8.76. The summed E-state index contributed by atoms with van der Waals surface area (Å²) in [5, 5.41) is 3.19. The highest BCUT2D eigenvalue weighted by atomic mass is 16.5. The summed E-state index contributed by atoms with van der Waals surface area (Å²) in [6, 6.07) is 0. The van der Waals surface area contributed by atoms with E-state index >= 15 is 0 Å². The molecule has 0 unspecified atom stereocenters. The highest BCUT2D eigenvalue weighted by Crippen LogP contribution is 2.14. The van der Waals surface area contributed by atoms with Crippen molar-refractivity contribution in [3.63, 3.8) is 0 Å². The van der Waals surface area contributed by atoms with E-state index in [-0.39, 0.29) is 29.5 Å². The molecule has 1 aliphatic heterocycles. The van der Waals surface area contributed by atoms with Gasteiger partial charge in [0.2, 0.25) is 0 Å². The van der Waals surface area contributed by atoms with Crippen LogP contribution in [0.15, 0.2) is 0 Å². The Morgan fingerprint density at radius 2 is 1.79 bits per heavy atom. The van der Waals surface area contributed by atoms with Gasteiger partial charge in [-0.2, -0.15) is 0 Å². The van der Waals surface area contributed by atoms with E-state index < -0.39 is 0 Å².